The van der Waals surface area contributed by atoms with Crippen molar-refractivity contribution >= 4 is 27.2 Å². The Labute approximate surface area is 274 Å². The summed E-state index contributed by atoms with van der Waals surface area (Å²) in [6, 6.07) is 12.3. The third kappa shape index (κ3) is 6.63. The van der Waals surface area contributed by atoms with E-state index in [2.05, 4.69) is 46.5 Å². The summed E-state index contributed by atoms with van der Waals surface area (Å²) in [7, 11) is 0.345. The fraction of sp³-hybridized carbons (Fsp3) is 0.568. The van der Waals surface area contributed by atoms with Gasteiger partial charge in [0.15, 0.2) is 0 Å². The first-order chi connectivity index (χ1) is 22.1. The molecular formula is C37H49N3O5S. The van der Waals surface area contributed by atoms with Gasteiger partial charge in [0.2, 0.25) is 5.91 Å². The van der Waals surface area contributed by atoms with E-state index < -0.39 is 15.6 Å². The highest BCUT2D eigenvalue weighted by Crippen LogP contribution is 2.46. The quantitative estimate of drug-likeness (QED) is 0.382. The van der Waals surface area contributed by atoms with Gasteiger partial charge in [-0.15, -0.1) is 0 Å². The van der Waals surface area contributed by atoms with E-state index in [4.69, 9.17) is 9.47 Å². The van der Waals surface area contributed by atoms with Crippen molar-refractivity contribution in [2.45, 2.75) is 70.3 Å². The molecule has 2 aliphatic carbocycles. The number of allylic oxidation sites excluding steroid dienone is 1. The number of aryl methyl sites for hydroxylation is 2. The minimum atomic E-state index is -3.12. The van der Waals surface area contributed by atoms with Crippen LogP contribution in [-0.4, -0.2) is 78.9 Å². The van der Waals surface area contributed by atoms with Crippen LogP contribution in [-0.2, 0) is 31.1 Å². The Bertz CT molecular complexity index is 1630. The van der Waals surface area contributed by atoms with Crippen molar-refractivity contribution in [2.24, 2.45) is 16.2 Å². The third-order valence-corrected chi connectivity index (χ3v) is 12.9. The molecule has 1 fully saturated rings. The van der Waals surface area contributed by atoms with Gasteiger partial charge >= 0.3 is 0 Å². The molecule has 248 valence electrons. The first-order valence-electron chi connectivity index (χ1n) is 17.0. The Balaban J connectivity index is 1.43. The lowest BCUT2D eigenvalue weighted by atomic mass is 9.68. The van der Waals surface area contributed by atoms with Crippen LogP contribution < -0.4 is 9.64 Å². The number of rotatable bonds is 4. The monoisotopic (exact) mass is 647 g/mol. The number of hydrogen-bond donors (Lipinski definition) is 0. The normalized spacial score (nSPS) is 30.1. The van der Waals surface area contributed by atoms with Gasteiger partial charge in [0, 0.05) is 50.5 Å². The topological polar surface area (TPSA) is 88.5 Å². The molecule has 9 heteroatoms. The number of ether oxygens (including phenoxy) is 2. The van der Waals surface area contributed by atoms with Crippen LogP contribution in [0, 0.1) is 18.8 Å². The summed E-state index contributed by atoms with van der Waals surface area (Å²) in [4.78, 5) is 30.6. The second-order valence-corrected chi connectivity index (χ2v) is 16.3. The largest absolute Gasteiger partial charge is 0.490 e. The second-order valence-electron chi connectivity index (χ2n) is 13.8. The van der Waals surface area contributed by atoms with Crippen molar-refractivity contribution in [1.82, 2.24) is 4.90 Å². The maximum absolute atomic E-state index is 14.2. The van der Waals surface area contributed by atoms with Crippen molar-refractivity contribution in [3.8, 4) is 5.75 Å². The molecule has 46 heavy (non-hydrogen) atoms. The molecule has 5 atom stereocenters. The molecule has 2 aromatic carbocycles. The van der Waals surface area contributed by atoms with E-state index >= 15 is 0 Å². The number of nitrogens with zero attached hydrogens (tertiary/aromatic N) is 3. The van der Waals surface area contributed by atoms with Crippen molar-refractivity contribution in [3.63, 3.8) is 0 Å². The van der Waals surface area contributed by atoms with Crippen LogP contribution in [0.15, 0.2) is 52.9 Å². The molecule has 6 rings (SSSR count). The summed E-state index contributed by atoms with van der Waals surface area (Å²) >= 11 is 0. The fourth-order valence-electron chi connectivity index (χ4n) is 7.83. The van der Waals surface area contributed by atoms with E-state index in [-0.39, 0.29) is 28.9 Å². The van der Waals surface area contributed by atoms with Gasteiger partial charge in [0.05, 0.1) is 28.1 Å². The molecule has 8 nitrogen and oxygen atoms in total. The van der Waals surface area contributed by atoms with Crippen LogP contribution in [0.25, 0.3) is 0 Å². The number of anilines is 1. The highest BCUT2D eigenvalue weighted by Gasteiger charge is 2.44. The molecule has 0 unspecified atom stereocenters. The average Bonchev–Trinajstić information content (AvgIpc) is 3.18. The van der Waals surface area contributed by atoms with Crippen LogP contribution in [0.5, 0.6) is 5.75 Å². The number of methoxy groups -OCH3 is 1. The Hall–Kier alpha value is -3.17. The zero-order valence-corrected chi connectivity index (χ0v) is 28.7. The SMILES string of the molecule is CCN(C)C(=O)C[S@]1(=O)=NC(=O)c2ccc3c(c2)N(C[C@@H]2CC[C@H]2[C@@H](OC)/C=C/CCC1)C[C@@]1(CCCc2cc(C)ccc21)CO3. The zero-order chi connectivity index (χ0) is 32.5. The molecule has 1 spiro atoms. The first kappa shape index (κ1) is 32.8. The van der Waals surface area contributed by atoms with Crippen molar-refractivity contribution in [3.05, 3.63) is 70.8 Å². The van der Waals surface area contributed by atoms with Crippen LogP contribution in [0.2, 0.25) is 0 Å². The molecule has 4 aliphatic rings. The van der Waals surface area contributed by atoms with Crippen LogP contribution >= 0.6 is 0 Å². The standard InChI is InChI=1S/C37H49N3O5S/c1-5-39(3)35(41)23-46(43)19-8-6-7-11-33(44-4)30-15-13-29(30)22-40-24-37(18-9-10-27-20-26(2)12-16-31(27)37)25-45-34-17-14-28(21-32(34)40)36(42)38-46/h7,11-12,14,16-17,20-21,29-30,33H,5-6,8-10,13,15,18-19,22-25H2,1-4H3/b11-7+/t29-,30+,33-,37-,46-/m0/s1. The Kier molecular flexibility index (Phi) is 9.62. The summed E-state index contributed by atoms with van der Waals surface area (Å²) < 4.78 is 31.1. The Morgan fingerprint density at radius 3 is 2.80 bits per heavy atom. The van der Waals surface area contributed by atoms with Crippen LogP contribution in [0.4, 0.5) is 5.69 Å². The third-order valence-electron chi connectivity index (χ3n) is 10.8. The molecule has 0 saturated heterocycles. The lowest BCUT2D eigenvalue weighted by Crippen LogP contribution is -2.49. The van der Waals surface area contributed by atoms with Gasteiger partial charge in [-0.25, -0.2) is 4.21 Å². The number of carbonyl (C=O) groups is 2. The number of fused-ring (bicyclic) bond motifs is 4. The summed E-state index contributed by atoms with van der Waals surface area (Å²) in [6.45, 7) is 6.72. The van der Waals surface area contributed by atoms with E-state index in [0.717, 1.165) is 56.6 Å². The summed E-state index contributed by atoms with van der Waals surface area (Å²) in [6.07, 6.45) is 11.0. The maximum Gasteiger partial charge on any atom is 0.285 e. The van der Waals surface area contributed by atoms with Crippen LogP contribution in [0.1, 0.15) is 72.5 Å². The summed E-state index contributed by atoms with van der Waals surface area (Å²) in [5, 5.41) is 0. The highest BCUT2D eigenvalue weighted by atomic mass is 32.2. The van der Waals surface area contributed by atoms with Crippen molar-refractivity contribution < 1.29 is 23.3 Å². The van der Waals surface area contributed by atoms with E-state index in [0.29, 0.717) is 43.4 Å². The first-order valence-corrected chi connectivity index (χ1v) is 18.8. The van der Waals surface area contributed by atoms with E-state index in [1.54, 1.807) is 20.2 Å². The van der Waals surface area contributed by atoms with E-state index in [9.17, 15) is 13.8 Å². The predicted molar refractivity (Wildman–Crippen MR) is 183 cm³/mol. The highest BCUT2D eigenvalue weighted by molar-refractivity contribution is 7.94. The molecule has 2 aliphatic heterocycles. The van der Waals surface area contributed by atoms with Gasteiger partial charge in [0.1, 0.15) is 11.5 Å². The van der Waals surface area contributed by atoms with E-state index in [1.807, 2.05) is 19.1 Å². The average molecular weight is 648 g/mol. The summed E-state index contributed by atoms with van der Waals surface area (Å²) in [5.74, 6) is 0.700. The lowest BCUT2D eigenvalue weighted by Gasteiger charge is -2.46. The molecule has 0 radical (unpaired) electrons. The summed E-state index contributed by atoms with van der Waals surface area (Å²) in [5.41, 5.74) is 5.15. The lowest BCUT2D eigenvalue weighted by molar-refractivity contribution is -0.126. The smallest absolute Gasteiger partial charge is 0.285 e. The van der Waals surface area contributed by atoms with Crippen molar-refractivity contribution in [1.29, 1.82) is 0 Å². The molecular weight excluding hydrogens is 598 g/mol. The molecule has 1 saturated carbocycles. The van der Waals surface area contributed by atoms with Gasteiger partial charge in [0.25, 0.3) is 5.91 Å². The van der Waals surface area contributed by atoms with Gasteiger partial charge in [-0.2, -0.15) is 4.36 Å². The Morgan fingerprint density at radius 2 is 2.04 bits per heavy atom. The molecule has 2 bridgehead atoms. The maximum atomic E-state index is 14.2. The van der Waals surface area contributed by atoms with Crippen molar-refractivity contribution in [2.75, 3.05) is 56.8 Å². The van der Waals surface area contributed by atoms with Gasteiger partial charge in [-0.05, 0) is 100.0 Å². The molecule has 2 heterocycles. The number of benzene rings is 2. The minimum absolute atomic E-state index is 0.00318. The number of carbonyl (C=O) groups excluding carboxylic acids is 2. The molecule has 2 amide bonds. The van der Waals surface area contributed by atoms with E-state index in [1.165, 1.54) is 21.6 Å². The van der Waals surface area contributed by atoms with Gasteiger partial charge in [-0.1, -0.05) is 35.9 Å². The molecule has 2 aromatic rings. The Morgan fingerprint density at radius 1 is 1.20 bits per heavy atom. The van der Waals surface area contributed by atoms with Gasteiger partial charge in [-0.3, -0.25) is 9.59 Å². The fourth-order valence-corrected chi connectivity index (χ4v) is 9.76. The second kappa shape index (κ2) is 13.5. The minimum Gasteiger partial charge on any atom is -0.490 e. The number of hydrogen-bond acceptors (Lipinski definition) is 6. The number of amides is 2. The van der Waals surface area contributed by atoms with Crippen LogP contribution in [0.3, 0.4) is 0 Å². The molecule has 0 aromatic heterocycles. The zero-order valence-electron chi connectivity index (χ0n) is 27.8. The molecule has 0 N–H and O–H groups in total. The predicted octanol–water partition coefficient (Wildman–Crippen LogP) is 5.95. The van der Waals surface area contributed by atoms with Gasteiger partial charge < -0.3 is 19.3 Å².